The normalized spacial score (nSPS) is 10.8. The summed E-state index contributed by atoms with van der Waals surface area (Å²) >= 11 is 0. The zero-order valence-corrected chi connectivity index (χ0v) is 12.1. The van der Waals surface area contributed by atoms with Crippen molar-refractivity contribution >= 4 is 16.5 Å². The molecule has 0 atom stereocenters. The monoisotopic (exact) mass is 279 g/mol. The molecule has 21 heavy (non-hydrogen) atoms. The van der Waals surface area contributed by atoms with Gasteiger partial charge in [0.1, 0.15) is 11.5 Å². The Hall–Kier alpha value is -2.68. The number of anilines is 1. The van der Waals surface area contributed by atoms with Gasteiger partial charge >= 0.3 is 0 Å². The third-order valence-electron chi connectivity index (χ3n) is 3.82. The van der Waals surface area contributed by atoms with Crippen LogP contribution in [0.1, 0.15) is 5.56 Å². The van der Waals surface area contributed by atoms with Crippen molar-refractivity contribution < 1.29 is 9.84 Å². The minimum Gasteiger partial charge on any atom is -0.507 e. The molecule has 0 spiro atoms. The highest BCUT2D eigenvalue weighted by Crippen LogP contribution is 2.43. The van der Waals surface area contributed by atoms with Gasteiger partial charge in [0.2, 0.25) is 0 Å². The van der Waals surface area contributed by atoms with E-state index in [1.54, 1.807) is 13.2 Å². The molecule has 0 saturated heterocycles. The lowest BCUT2D eigenvalue weighted by atomic mass is 9.92. The molecule has 106 valence electrons. The maximum atomic E-state index is 10.4. The lowest BCUT2D eigenvalue weighted by Gasteiger charge is -2.16. The molecule has 0 aliphatic heterocycles. The Morgan fingerprint density at radius 3 is 2.48 bits per heavy atom. The van der Waals surface area contributed by atoms with Crippen LogP contribution in [0, 0.1) is 6.92 Å². The molecule has 0 heterocycles. The quantitative estimate of drug-likeness (QED) is 0.694. The Morgan fingerprint density at radius 2 is 1.71 bits per heavy atom. The number of aromatic hydroxyl groups is 1. The molecule has 3 nitrogen and oxygen atoms in total. The molecular weight excluding hydrogens is 262 g/mol. The fourth-order valence-electron chi connectivity index (χ4n) is 2.79. The maximum absolute atomic E-state index is 10.4. The van der Waals surface area contributed by atoms with Crippen LogP contribution in [0.4, 0.5) is 5.69 Å². The molecule has 0 unspecified atom stereocenters. The first-order valence-electron chi connectivity index (χ1n) is 6.77. The van der Waals surface area contributed by atoms with E-state index >= 15 is 0 Å². The summed E-state index contributed by atoms with van der Waals surface area (Å²) < 4.78 is 5.38. The largest absolute Gasteiger partial charge is 0.507 e. The summed E-state index contributed by atoms with van der Waals surface area (Å²) in [6.45, 7) is 1.95. The van der Waals surface area contributed by atoms with Gasteiger partial charge in [0.15, 0.2) is 0 Å². The molecule has 0 amide bonds. The van der Waals surface area contributed by atoms with E-state index in [0.29, 0.717) is 5.69 Å². The second-order valence-corrected chi connectivity index (χ2v) is 5.04. The molecule has 0 radical (unpaired) electrons. The predicted octanol–water partition coefficient (Wildman–Crippen LogP) is 4.11. The van der Waals surface area contributed by atoms with E-state index in [-0.39, 0.29) is 5.75 Å². The average molecular weight is 279 g/mol. The number of phenolic OH excluding ortho intramolecular Hbond substituents is 1. The van der Waals surface area contributed by atoms with Crippen molar-refractivity contribution in [3.63, 3.8) is 0 Å². The van der Waals surface area contributed by atoms with Crippen LogP contribution in [0.15, 0.2) is 48.5 Å². The summed E-state index contributed by atoms with van der Waals surface area (Å²) in [5.74, 6) is 0.975. The Morgan fingerprint density at radius 1 is 0.952 bits per heavy atom. The molecule has 0 aliphatic rings. The molecule has 3 rings (SSSR count). The fourth-order valence-corrected chi connectivity index (χ4v) is 2.79. The Labute approximate surface area is 123 Å². The Kier molecular flexibility index (Phi) is 3.18. The van der Waals surface area contributed by atoms with Gasteiger partial charge in [-0.25, -0.2) is 0 Å². The molecule has 0 fully saturated rings. The highest BCUT2D eigenvalue weighted by molar-refractivity contribution is 6.03. The summed E-state index contributed by atoms with van der Waals surface area (Å²) in [7, 11) is 1.63. The van der Waals surface area contributed by atoms with Crippen LogP contribution in [0.3, 0.4) is 0 Å². The van der Waals surface area contributed by atoms with Crippen molar-refractivity contribution in [3.05, 3.63) is 54.1 Å². The Balaban J connectivity index is 2.43. The highest BCUT2D eigenvalue weighted by Gasteiger charge is 2.16. The summed E-state index contributed by atoms with van der Waals surface area (Å²) in [6, 6.07) is 15.2. The van der Waals surface area contributed by atoms with Crippen LogP contribution < -0.4 is 10.5 Å². The van der Waals surface area contributed by atoms with E-state index in [2.05, 4.69) is 0 Å². The van der Waals surface area contributed by atoms with E-state index in [1.807, 2.05) is 49.4 Å². The molecule has 0 aliphatic carbocycles. The van der Waals surface area contributed by atoms with Gasteiger partial charge < -0.3 is 15.6 Å². The molecule has 0 aromatic heterocycles. The number of phenols is 1. The average Bonchev–Trinajstić information content (AvgIpc) is 2.49. The summed E-state index contributed by atoms with van der Waals surface area (Å²) in [4.78, 5) is 0. The number of methoxy groups -OCH3 is 1. The van der Waals surface area contributed by atoms with E-state index in [1.165, 1.54) is 0 Å². The zero-order valence-electron chi connectivity index (χ0n) is 12.1. The van der Waals surface area contributed by atoms with Crippen molar-refractivity contribution in [2.24, 2.45) is 0 Å². The van der Waals surface area contributed by atoms with Gasteiger partial charge in [-0.3, -0.25) is 0 Å². The third-order valence-corrected chi connectivity index (χ3v) is 3.82. The van der Waals surface area contributed by atoms with Crippen LogP contribution in [0.5, 0.6) is 11.5 Å². The van der Waals surface area contributed by atoms with E-state index < -0.39 is 0 Å². The number of rotatable bonds is 2. The van der Waals surface area contributed by atoms with Crippen molar-refractivity contribution in [2.45, 2.75) is 6.92 Å². The number of nitrogens with two attached hydrogens (primary N) is 1. The van der Waals surface area contributed by atoms with Gasteiger partial charge in [0, 0.05) is 22.4 Å². The van der Waals surface area contributed by atoms with E-state index in [0.717, 1.165) is 33.2 Å². The smallest absolute Gasteiger partial charge is 0.124 e. The van der Waals surface area contributed by atoms with Gasteiger partial charge in [-0.1, -0.05) is 30.3 Å². The lowest BCUT2D eigenvalue weighted by Crippen LogP contribution is -1.97. The molecule has 0 bridgehead atoms. The van der Waals surface area contributed by atoms with Gasteiger partial charge in [0.25, 0.3) is 0 Å². The van der Waals surface area contributed by atoms with Crippen molar-refractivity contribution in [1.82, 2.24) is 0 Å². The predicted molar refractivity (Wildman–Crippen MR) is 86.8 cm³/mol. The van der Waals surface area contributed by atoms with Gasteiger partial charge in [0.05, 0.1) is 7.11 Å². The molecule has 3 aromatic carbocycles. The van der Waals surface area contributed by atoms with Gasteiger partial charge in [-0.2, -0.15) is 0 Å². The number of ether oxygens (including phenoxy) is 1. The van der Waals surface area contributed by atoms with Crippen molar-refractivity contribution in [3.8, 4) is 22.6 Å². The van der Waals surface area contributed by atoms with Gasteiger partial charge in [-0.05, 0) is 35.9 Å². The first-order valence-corrected chi connectivity index (χ1v) is 6.77. The minimum absolute atomic E-state index is 0.219. The topological polar surface area (TPSA) is 55.5 Å². The maximum Gasteiger partial charge on any atom is 0.124 e. The number of hydrogen-bond donors (Lipinski definition) is 2. The molecule has 3 N–H and O–H groups in total. The number of fused-ring (bicyclic) bond motifs is 1. The van der Waals surface area contributed by atoms with Crippen LogP contribution in [0.2, 0.25) is 0 Å². The van der Waals surface area contributed by atoms with Crippen molar-refractivity contribution in [2.75, 3.05) is 12.8 Å². The Bertz CT molecular complexity index is 825. The number of hydrogen-bond acceptors (Lipinski definition) is 3. The number of nitrogen functional groups attached to an aromatic ring is 1. The first kappa shape index (κ1) is 13.3. The molecular formula is C18H17NO2. The standard InChI is InChI=1S/C18H17NO2/c1-11-16(21-2)10-8-14(19)17(11)18-13-6-4-3-5-12(13)7-9-15(18)20/h3-10,20H,19H2,1-2H3. The second-order valence-electron chi connectivity index (χ2n) is 5.04. The third kappa shape index (κ3) is 2.07. The molecule has 0 saturated carbocycles. The lowest BCUT2D eigenvalue weighted by molar-refractivity contribution is 0.412. The summed E-state index contributed by atoms with van der Waals surface area (Å²) in [5.41, 5.74) is 9.29. The van der Waals surface area contributed by atoms with Crippen LogP contribution in [-0.4, -0.2) is 12.2 Å². The highest BCUT2D eigenvalue weighted by atomic mass is 16.5. The van der Waals surface area contributed by atoms with Crippen molar-refractivity contribution in [1.29, 1.82) is 0 Å². The molecule has 3 heteroatoms. The minimum atomic E-state index is 0.219. The summed E-state index contributed by atoms with van der Waals surface area (Å²) in [5, 5.41) is 12.4. The van der Waals surface area contributed by atoms with Crippen LogP contribution in [0.25, 0.3) is 21.9 Å². The van der Waals surface area contributed by atoms with Gasteiger partial charge in [-0.15, -0.1) is 0 Å². The summed E-state index contributed by atoms with van der Waals surface area (Å²) in [6.07, 6.45) is 0. The van der Waals surface area contributed by atoms with Crippen LogP contribution in [-0.2, 0) is 0 Å². The van der Waals surface area contributed by atoms with Crippen LogP contribution >= 0.6 is 0 Å². The second kappa shape index (κ2) is 5.02. The zero-order chi connectivity index (χ0) is 15.0. The number of benzene rings is 3. The van der Waals surface area contributed by atoms with E-state index in [9.17, 15) is 5.11 Å². The SMILES string of the molecule is COc1ccc(N)c(-c2c(O)ccc3ccccc23)c1C. The first-order chi connectivity index (χ1) is 10.1. The molecule has 3 aromatic rings. The van der Waals surface area contributed by atoms with E-state index in [4.69, 9.17) is 10.5 Å². The fraction of sp³-hybridized carbons (Fsp3) is 0.111.